The number of carbonyl (C=O) groups is 1. The van der Waals surface area contributed by atoms with Crippen molar-refractivity contribution in [3.8, 4) is 0 Å². The van der Waals surface area contributed by atoms with Gasteiger partial charge in [-0.15, -0.1) is 0 Å². The number of hydrogen-bond acceptors (Lipinski definition) is 1. The number of alkyl halides is 1. The first-order valence-electron chi connectivity index (χ1n) is 4.70. The number of hydrogen-bond donors (Lipinski definition) is 1. The van der Waals surface area contributed by atoms with E-state index in [2.05, 4.69) is 37.2 Å². The van der Waals surface area contributed by atoms with Crippen molar-refractivity contribution in [1.29, 1.82) is 0 Å². The first-order chi connectivity index (χ1) is 7.37. The van der Waals surface area contributed by atoms with Crippen LogP contribution in [-0.2, 0) is 0 Å². The summed E-state index contributed by atoms with van der Waals surface area (Å²) >= 11 is 12.7. The van der Waals surface area contributed by atoms with Gasteiger partial charge in [0.2, 0.25) is 0 Å². The second-order valence-electron chi connectivity index (χ2n) is 4.07. The molecule has 0 saturated heterocycles. The molecule has 0 aliphatic heterocycles. The quantitative estimate of drug-likeness (QED) is 0.802. The van der Waals surface area contributed by atoms with E-state index >= 15 is 0 Å². The standard InChI is InChI=1S/C11H12Br2ClNO/c1-11(2,6-12)15-10(16)7-4-3-5-8(13)9(7)14/h3-5H,6H2,1-2H3,(H,15,16). The number of halogens is 3. The summed E-state index contributed by atoms with van der Waals surface area (Å²) in [4.78, 5) is 12.0. The van der Waals surface area contributed by atoms with Gasteiger partial charge in [0.1, 0.15) is 0 Å². The van der Waals surface area contributed by atoms with Crippen LogP contribution in [0.25, 0.3) is 0 Å². The summed E-state index contributed by atoms with van der Waals surface area (Å²) in [6.07, 6.45) is 0. The Morgan fingerprint density at radius 3 is 2.69 bits per heavy atom. The van der Waals surface area contributed by atoms with E-state index in [-0.39, 0.29) is 11.4 Å². The van der Waals surface area contributed by atoms with E-state index in [0.717, 1.165) is 4.47 Å². The Balaban J connectivity index is 2.94. The fraction of sp³-hybridized carbons (Fsp3) is 0.364. The molecule has 0 heterocycles. The summed E-state index contributed by atoms with van der Waals surface area (Å²) in [6.45, 7) is 3.87. The zero-order valence-electron chi connectivity index (χ0n) is 8.98. The van der Waals surface area contributed by atoms with Crippen LogP contribution in [0, 0.1) is 0 Å². The second kappa shape index (κ2) is 5.52. The Morgan fingerprint density at radius 2 is 2.12 bits per heavy atom. The van der Waals surface area contributed by atoms with Crippen molar-refractivity contribution in [1.82, 2.24) is 5.32 Å². The highest BCUT2D eigenvalue weighted by Gasteiger charge is 2.21. The maximum Gasteiger partial charge on any atom is 0.253 e. The maximum absolute atomic E-state index is 12.0. The highest BCUT2D eigenvalue weighted by atomic mass is 79.9. The Morgan fingerprint density at radius 1 is 1.50 bits per heavy atom. The number of nitrogens with one attached hydrogen (secondary N) is 1. The lowest BCUT2D eigenvalue weighted by Crippen LogP contribution is -2.44. The highest BCUT2D eigenvalue weighted by Crippen LogP contribution is 2.26. The molecule has 0 spiro atoms. The van der Waals surface area contributed by atoms with Crippen LogP contribution in [0.15, 0.2) is 22.7 Å². The molecule has 0 atom stereocenters. The van der Waals surface area contributed by atoms with Crippen molar-refractivity contribution >= 4 is 49.4 Å². The minimum absolute atomic E-state index is 0.171. The first-order valence-corrected chi connectivity index (χ1v) is 6.99. The molecular formula is C11H12Br2ClNO. The van der Waals surface area contributed by atoms with E-state index in [4.69, 9.17) is 11.6 Å². The molecule has 16 heavy (non-hydrogen) atoms. The SMILES string of the molecule is CC(C)(CBr)NC(=O)c1cccc(Br)c1Cl. The smallest absolute Gasteiger partial charge is 0.253 e. The van der Waals surface area contributed by atoms with Crippen LogP contribution >= 0.6 is 43.5 Å². The topological polar surface area (TPSA) is 29.1 Å². The lowest BCUT2D eigenvalue weighted by molar-refractivity contribution is 0.0921. The summed E-state index contributed by atoms with van der Waals surface area (Å²) in [5, 5.41) is 4.01. The third kappa shape index (κ3) is 3.47. The Kier molecular flexibility index (Phi) is 4.83. The van der Waals surface area contributed by atoms with Crippen LogP contribution in [0.4, 0.5) is 0 Å². The molecular weight excluding hydrogens is 357 g/mol. The van der Waals surface area contributed by atoms with Crippen LogP contribution in [0.3, 0.4) is 0 Å². The summed E-state index contributed by atoms with van der Waals surface area (Å²) < 4.78 is 0.721. The zero-order valence-corrected chi connectivity index (χ0v) is 12.9. The fourth-order valence-corrected chi connectivity index (χ4v) is 1.81. The molecule has 1 N–H and O–H groups in total. The van der Waals surface area contributed by atoms with Crippen molar-refractivity contribution in [2.75, 3.05) is 5.33 Å². The summed E-state index contributed by atoms with van der Waals surface area (Å²) in [5.74, 6) is -0.171. The van der Waals surface area contributed by atoms with Gasteiger partial charge in [0, 0.05) is 15.3 Å². The number of benzene rings is 1. The third-order valence-electron chi connectivity index (χ3n) is 1.98. The molecule has 88 valence electrons. The maximum atomic E-state index is 12.0. The minimum Gasteiger partial charge on any atom is -0.346 e. The average Bonchev–Trinajstić information content (AvgIpc) is 2.21. The summed E-state index contributed by atoms with van der Waals surface area (Å²) in [7, 11) is 0. The Labute approximate surface area is 117 Å². The van der Waals surface area contributed by atoms with Gasteiger partial charge in [0.15, 0.2) is 0 Å². The molecule has 1 aromatic carbocycles. The van der Waals surface area contributed by atoms with Crippen molar-refractivity contribution < 1.29 is 4.79 Å². The van der Waals surface area contributed by atoms with Gasteiger partial charge in [-0.05, 0) is 41.9 Å². The average molecular weight is 369 g/mol. The van der Waals surface area contributed by atoms with Crippen molar-refractivity contribution in [2.45, 2.75) is 19.4 Å². The van der Waals surface area contributed by atoms with Crippen molar-refractivity contribution in [3.63, 3.8) is 0 Å². The molecule has 1 amide bonds. The highest BCUT2D eigenvalue weighted by molar-refractivity contribution is 9.10. The fourth-order valence-electron chi connectivity index (χ4n) is 1.09. The molecule has 1 aromatic rings. The van der Waals surface area contributed by atoms with Crippen LogP contribution in [-0.4, -0.2) is 16.8 Å². The molecule has 2 nitrogen and oxygen atoms in total. The van der Waals surface area contributed by atoms with Crippen LogP contribution in [0.5, 0.6) is 0 Å². The van der Waals surface area contributed by atoms with Gasteiger partial charge in [-0.1, -0.05) is 33.6 Å². The van der Waals surface area contributed by atoms with Gasteiger partial charge >= 0.3 is 0 Å². The van der Waals surface area contributed by atoms with Crippen LogP contribution < -0.4 is 5.32 Å². The van der Waals surface area contributed by atoms with E-state index in [0.29, 0.717) is 15.9 Å². The predicted molar refractivity (Wildman–Crippen MR) is 74.5 cm³/mol. The van der Waals surface area contributed by atoms with Gasteiger partial charge < -0.3 is 5.32 Å². The second-order valence-corrected chi connectivity index (χ2v) is 5.87. The van der Waals surface area contributed by atoms with Gasteiger partial charge in [-0.2, -0.15) is 0 Å². The normalized spacial score (nSPS) is 11.3. The van der Waals surface area contributed by atoms with Crippen molar-refractivity contribution in [2.24, 2.45) is 0 Å². The molecule has 0 aliphatic rings. The van der Waals surface area contributed by atoms with Crippen LogP contribution in [0.1, 0.15) is 24.2 Å². The Hall–Kier alpha value is -0.0600. The largest absolute Gasteiger partial charge is 0.346 e. The van der Waals surface area contributed by atoms with Gasteiger partial charge in [0.05, 0.1) is 10.6 Å². The molecule has 0 aliphatic carbocycles. The van der Waals surface area contributed by atoms with E-state index in [9.17, 15) is 4.79 Å². The summed E-state index contributed by atoms with van der Waals surface area (Å²) in [5.41, 5.74) is 0.174. The van der Waals surface area contributed by atoms with Gasteiger partial charge in [0.25, 0.3) is 5.91 Å². The molecule has 5 heteroatoms. The van der Waals surface area contributed by atoms with Crippen molar-refractivity contribution in [3.05, 3.63) is 33.3 Å². The molecule has 0 radical (unpaired) electrons. The van der Waals surface area contributed by atoms with Gasteiger partial charge in [-0.3, -0.25) is 4.79 Å². The number of amides is 1. The van der Waals surface area contributed by atoms with E-state index in [1.54, 1.807) is 18.2 Å². The number of carbonyl (C=O) groups excluding carboxylic acids is 1. The molecule has 0 bridgehead atoms. The molecule has 0 unspecified atom stereocenters. The van der Waals surface area contributed by atoms with Crippen LogP contribution in [0.2, 0.25) is 5.02 Å². The Bertz CT molecular complexity index is 407. The monoisotopic (exact) mass is 367 g/mol. The zero-order chi connectivity index (χ0) is 12.3. The van der Waals surface area contributed by atoms with Gasteiger partial charge in [-0.25, -0.2) is 0 Å². The minimum atomic E-state index is -0.303. The lowest BCUT2D eigenvalue weighted by Gasteiger charge is -2.23. The lowest BCUT2D eigenvalue weighted by atomic mass is 10.1. The summed E-state index contributed by atoms with van der Waals surface area (Å²) in [6, 6.07) is 5.29. The molecule has 0 fully saturated rings. The van der Waals surface area contributed by atoms with E-state index in [1.807, 2.05) is 13.8 Å². The molecule has 1 rings (SSSR count). The number of rotatable bonds is 3. The third-order valence-corrected chi connectivity index (χ3v) is 4.68. The van der Waals surface area contributed by atoms with E-state index < -0.39 is 0 Å². The van der Waals surface area contributed by atoms with E-state index in [1.165, 1.54) is 0 Å². The molecule has 0 aromatic heterocycles. The first kappa shape index (κ1) is 14.0. The molecule has 0 saturated carbocycles. The predicted octanol–water partition coefficient (Wildman–Crippen LogP) is 4.01.